The highest BCUT2D eigenvalue weighted by Crippen LogP contribution is 2.29. The Hall–Kier alpha value is -2.34. The van der Waals surface area contributed by atoms with Gasteiger partial charge in [-0.3, -0.25) is 19.2 Å². The summed E-state index contributed by atoms with van der Waals surface area (Å²) in [5.74, 6) is 1.58. The molecule has 1 aliphatic heterocycles. The summed E-state index contributed by atoms with van der Waals surface area (Å²) in [5, 5.41) is 0. The summed E-state index contributed by atoms with van der Waals surface area (Å²) < 4.78 is 7.40. The number of ether oxygens (including phenoxy) is 1. The summed E-state index contributed by atoms with van der Waals surface area (Å²) in [5.41, 5.74) is 2.74. The van der Waals surface area contributed by atoms with Crippen LogP contribution in [0.15, 0.2) is 29.1 Å². The summed E-state index contributed by atoms with van der Waals surface area (Å²) >= 11 is 0. The molecule has 0 radical (unpaired) electrons. The topological polar surface area (TPSA) is 50.6 Å². The Balaban J connectivity index is 1.99. The minimum atomic E-state index is 0.0844. The van der Waals surface area contributed by atoms with Crippen molar-refractivity contribution >= 4 is 11.6 Å². The van der Waals surface area contributed by atoms with Gasteiger partial charge in [-0.15, -0.1) is 0 Å². The van der Waals surface area contributed by atoms with Crippen molar-refractivity contribution < 1.29 is 4.74 Å². The minimum absolute atomic E-state index is 0.0844. The van der Waals surface area contributed by atoms with E-state index in [0.717, 1.165) is 48.3 Å². The van der Waals surface area contributed by atoms with Gasteiger partial charge >= 0.3 is 0 Å². The smallest absolute Gasteiger partial charge is 0.259 e. The Morgan fingerprint density at radius 2 is 1.82 bits per heavy atom. The van der Waals surface area contributed by atoms with E-state index >= 15 is 0 Å². The van der Waals surface area contributed by atoms with Crippen LogP contribution < -0.4 is 15.2 Å². The largest absolute Gasteiger partial charge is 0.494 e. The van der Waals surface area contributed by atoms with Gasteiger partial charge in [0.15, 0.2) is 0 Å². The molecule has 0 N–H and O–H groups in total. The Bertz CT molecular complexity index is 845. The third kappa shape index (κ3) is 4.22. The van der Waals surface area contributed by atoms with Gasteiger partial charge < -0.3 is 4.74 Å². The highest BCUT2D eigenvalue weighted by Gasteiger charge is 2.27. The van der Waals surface area contributed by atoms with Gasteiger partial charge in [-0.05, 0) is 51.0 Å². The molecule has 0 saturated carbocycles. The van der Waals surface area contributed by atoms with E-state index in [9.17, 15) is 4.79 Å². The summed E-state index contributed by atoms with van der Waals surface area (Å²) in [4.78, 5) is 22.4. The summed E-state index contributed by atoms with van der Waals surface area (Å²) in [6.45, 7) is 11.1. The van der Waals surface area contributed by atoms with Crippen molar-refractivity contribution in [2.75, 3.05) is 24.7 Å². The summed E-state index contributed by atoms with van der Waals surface area (Å²) in [6.07, 6.45) is 4.23. The van der Waals surface area contributed by atoms with Crippen LogP contribution in [0.5, 0.6) is 5.75 Å². The first-order valence-corrected chi connectivity index (χ1v) is 10.4. The molecule has 0 aliphatic carbocycles. The first kappa shape index (κ1) is 20.4. The second-order valence-electron chi connectivity index (χ2n) is 7.30. The lowest BCUT2D eigenvalue weighted by Gasteiger charge is -2.38. The number of unbranched alkanes of at least 4 members (excludes halogenated alkanes) is 2. The normalized spacial score (nSPS) is 14.2. The van der Waals surface area contributed by atoms with Gasteiger partial charge in [-0.25, -0.2) is 4.98 Å². The SMILES string of the molecule is CCCCCN1CN(c2ccc(OCC)cc2)c2nc(C)c(CC)c(=O)n2C1. The number of rotatable bonds is 8. The van der Waals surface area contributed by atoms with Crippen LogP contribution in [-0.2, 0) is 13.1 Å². The van der Waals surface area contributed by atoms with Crippen LogP contribution in [0.3, 0.4) is 0 Å². The van der Waals surface area contributed by atoms with Crippen molar-refractivity contribution in [3.8, 4) is 5.75 Å². The number of aromatic nitrogens is 2. The first-order valence-electron chi connectivity index (χ1n) is 10.4. The third-order valence-corrected chi connectivity index (χ3v) is 5.26. The molecule has 0 atom stereocenters. The number of hydrogen-bond acceptors (Lipinski definition) is 5. The van der Waals surface area contributed by atoms with Crippen LogP contribution in [0, 0.1) is 6.92 Å². The first-order chi connectivity index (χ1) is 13.6. The van der Waals surface area contributed by atoms with Crippen LogP contribution in [0.25, 0.3) is 0 Å². The van der Waals surface area contributed by atoms with Gasteiger partial charge in [0.2, 0.25) is 5.95 Å². The lowest BCUT2D eigenvalue weighted by atomic mass is 10.2. The van der Waals surface area contributed by atoms with Crippen LogP contribution in [0.1, 0.15) is 51.3 Å². The number of hydrogen-bond donors (Lipinski definition) is 0. The fraction of sp³-hybridized carbons (Fsp3) is 0.545. The number of nitrogens with zero attached hydrogens (tertiary/aromatic N) is 4. The van der Waals surface area contributed by atoms with Gasteiger partial charge in [0.05, 0.1) is 19.9 Å². The standard InChI is InChI=1S/C22H32N4O2/c1-5-8-9-14-24-15-25(18-10-12-19(13-11-18)28-7-3)22-23-17(4)20(6-2)21(27)26(22)16-24/h10-13H,5-9,14-16H2,1-4H3. The molecule has 2 heterocycles. The molecule has 0 spiro atoms. The van der Waals surface area contributed by atoms with E-state index in [4.69, 9.17) is 9.72 Å². The predicted molar refractivity (Wildman–Crippen MR) is 113 cm³/mol. The monoisotopic (exact) mass is 384 g/mol. The Kier molecular flexibility index (Phi) is 6.73. The van der Waals surface area contributed by atoms with Crippen LogP contribution in [0.4, 0.5) is 11.6 Å². The average molecular weight is 385 g/mol. The average Bonchev–Trinajstić information content (AvgIpc) is 2.69. The van der Waals surface area contributed by atoms with E-state index in [1.165, 1.54) is 12.8 Å². The lowest BCUT2D eigenvalue weighted by Crippen LogP contribution is -2.48. The van der Waals surface area contributed by atoms with Crippen LogP contribution in [-0.4, -0.2) is 34.3 Å². The second-order valence-corrected chi connectivity index (χ2v) is 7.30. The van der Waals surface area contributed by atoms with Crippen LogP contribution in [0.2, 0.25) is 0 Å². The van der Waals surface area contributed by atoms with Crippen molar-refractivity contribution in [2.45, 2.75) is 60.0 Å². The van der Waals surface area contributed by atoms with E-state index in [-0.39, 0.29) is 5.56 Å². The minimum Gasteiger partial charge on any atom is -0.494 e. The Morgan fingerprint density at radius 3 is 2.46 bits per heavy atom. The highest BCUT2D eigenvalue weighted by molar-refractivity contribution is 5.59. The van der Waals surface area contributed by atoms with E-state index < -0.39 is 0 Å². The molecule has 1 aliphatic rings. The Labute approximate surface area is 167 Å². The van der Waals surface area contributed by atoms with E-state index in [2.05, 4.69) is 16.7 Å². The molecule has 3 rings (SSSR count). The predicted octanol–water partition coefficient (Wildman–Crippen LogP) is 4.07. The highest BCUT2D eigenvalue weighted by atomic mass is 16.5. The molecular weight excluding hydrogens is 352 g/mol. The maximum Gasteiger partial charge on any atom is 0.259 e. The molecule has 1 aromatic heterocycles. The number of benzene rings is 1. The van der Waals surface area contributed by atoms with Crippen LogP contribution >= 0.6 is 0 Å². The molecule has 0 amide bonds. The summed E-state index contributed by atoms with van der Waals surface area (Å²) in [7, 11) is 0. The quantitative estimate of drug-likeness (QED) is 0.642. The third-order valence-electron chi connectivity index (χ3n) is 5.26. The van der Waals surface area contributed by atoms with Gasteiger partial charge in [-0.1, -0.05) is 26.7 Å². The molecule has 1 aromatic carbocycles. The fourth-order valence-corrected chi connectivity index (χ4v) is 3.75. The van der Waals surface area contributed by atoms with E-state index in [1.54, 1.807) is 0 Å². The zero-order chi connectivity index (χ0) is 20.1. The maximum atomic E-state index is 13.1. The van der Waals surface area contributed by atoms with Gasteiger partial charge in [0.25, 0.3) is 5.56 Å². The molecule has 6 nitrogen and oxygen atoms in total. The number of anilines is 2. The Morgan fingerprint density at radius 1 is 1.07 bits per heavy atom. The van der Waals surface area contributed by atoms with Crippen molar-refractivity contribution in [3.05, 3.63) is 45.9 Å². The van der Waals surface area contributed by atoms with Crippen molar-refractivity contribution in [2.24, 2.45) is 0 Å². The fourth-order valence-electron chi connectivity index (χ4n) is 3.75. The molecule has 0 bridgehead atoms. The van der Waals surface area contributed by atoms with E-state index in [0.29, 0.717) is 19.7 Å². The molecule has 6 heteroatoms. The zero-order valence-electron chi connectivity index (χ0n) is 17.6. The molecule has 0 fully saturated rings. The summed E-state index contributed by atoms with van der Waals surface area (Å²) in [6, 6.07) is 8.04. The zero-order valence-corrected chi connectivity index (χ0v) is 17.6. The van der Waals surface area contributed by atoms with Gasteiger partial charge in [0.1, 0.15) is 5.75 Å². The molecule has 152 valence electrons. The van der Waals surface area contributed by atoms with Crippen molar-refractivity contribution in [3.63, 3.8) is 0 Å². The van der Waals surface area contributed by atoms with Crippen molar-refractivity contribution in [1.82, 2.24) is 14.5 Å². The van der Waals surface area contributed by atoms with Gasteiger partial charge in [0, 0.05) is 23.5 Å². The van der Waals surface area contributed by atoms with Gasteiger partial charge in [-0.2, -0.15) is 0 Å². The molecule has 0 unspecified atom stereocenters. The second kappa shape index (κ2) is 9.24. The molecule has 28 heavy (non-hydrogen) atoms. The van der Waals surface area contributed by atoms with E-state index in [1.807, 2.05) is 49.6 Å². The molecule has 0 saturated heterocycles. The lowest BCUT2D eigenvalue weighted by molar-refractivity contribution is 0.194. The number of aryl methyl sites for hydroxylation is 1. The number of fused-ring (bicyclic) bond motifs is 1. The van der Waals surface area contributed by atoms with Crippen molar-refractivity contribution in [1.29, 1.82) is 0 Å². The molecule has 2 aromatic rings. The maximum absolute atomic E-state index is 13.1. The molecular formula is C22H32N4O2.